The van der Waals surface area contributed by atoms with Crippen molar-refractivity contribution in [1.29, 1.82) is 0 Å². The molecule has 1 aromatic heterocycles. The summed E-state index contributed by atoms with van der Waals surface area (Å²) in [6.45, 7) is 3.77. The zero-order valence-corrected chi connectivity index (χ0v) is 14.3. The molecule has 126 valence electrons. The number of hydrogen-bond acceptors (Lipinski definition) is 6. The lowest BCUT2D eigenvalue weighted by Crippen LogP contribution is -2.40. The van der Waals surface area contributed by atoms with Gasteiger partial charge >= 0.3 is 6.03 Å². The van der Waals surface area contributed by atoms with E-state index in [1.54, 1.807) is 30.3 Å². The molecule has 0 aliphatic carbocycles. The number of carbonyl (C=O) groups excluding carboxylic acids is 2. The third-order valence-electron chi connectivity index (χ3n) is 3.67. The van der Waals surface area contributed by atoms with Crippen molar-refractivity contribution in [3.05, 3.63) is 36.2 Å². The highest BCUT2D eigenvalue weighted by Crippen LogP contribution is 2.18. The van der Waals surface area contributed by atoms with Crippen molar-refractivity contribution in [2.24, 2.45) is 0 Å². The Morgan fingerprint density at radius 3 is 2.62 bits per heavy atom. The van der Waals surface area contributed by atoms with Crippen molar-refractivity contribution < 1.29 is 9.59 Å². The summed E-state index contributed by atoms with van der Waals surface area (Å²) in [4.78, 5) is 25.2. The van der Waals surface area contributed by atoms with Gasteiger partial charge in [-0.05, 0) is 36.4 Å². The van der Waals surface area contributed by atoms with E-state index in [0.717, 1.165) is 11.5 Å². The van der Waals surface area contributed by atoms with Gasteiger partial charge in [-0.2, -0.15) is 16.4 Å². The van der Waals surface area contributed by atoms with Crippen LogP contribution in [0.25, 0.3) is 5.69 Å². The molecule has 9 heteroatoms. The SMILES string of the molecule is CC1(C)NC(=O)N(CCSCc2nnnn2-c2ccccc2)C1=O. The molecule has 1 N–H and O–H groups in total. The Bertz CT molecular complexity index is 745. The third-order valence-corrected chi connectivity index (χ3v) is 4.60. The van der Waals surface area contributed by atoms with Crippen LogP contribution in [-0.4, -0.2) is 54.9 Å². The van der Waals surface area contributed by atoms with Gasteiger partial charge in [-0.1, -0.05) is 18.2 Å². The van der Waals surface area contributed by atoms with Gasteiger partial charge in [-0.3, -0.25) is 9.69 Å². The van der Waals surface area contributed by atoms with E-state index in [9.17, 15) is 9.59 Å². The molecular weight excluding hydrogens is 328 g/mol. The standard InChI is InChI=1S/C15H18N6O2S/c1-15(2)13(22)20(14(23)16-15)8-9-24-10-12-17-18-19-21(12)11-6-4-3-5-7-11/h3-7H,8-10H2,1-2H3,(H,16,23). The predicted molar refractivity (Wildman–Crippen MR) is 89.6 cm³/mol. The van der Waals surface area contributed by atoms with Crippen molar-refractivity contribution in [2.75, 3.05) is 12.3 Å². The Morgan fingerprint density at radius 1 is 1.21 bits per heavy atom. The van der Waals surface area contributed by atoms with Crippen LogP contribution < -0.4 is 5.32 Å². The maximum absolute atomic E-state index is 12.1. The second-order valence-corrected chi connectivity index (χ2v) is 7.01. The monoisotopic (exact) mass is 346 g/mol. The van der Waals surface area contributed by atoms with Crippen LogP contribution in [-0.2, 0) is 10.5 Å². The number of nitrogens with zero attached hydrogens (tertiary/aromatic N) is 5. The van der Waals surface area contributed by atoms with Gasteiger partial charge in [0.2, 0.25) is 0 Å². The normalized spacial score (nSPS) is 16.5. The highest BCUT2D eigenvalue weighted by atomic mass is 32.2. The lowest BCUT2D eigenvalue weighted by Gasteiger charge is -2.15. The number of nitrogens with one attached hydrogen (secondary N) is 1. The van der Waals surface area contributed by atoms with Gasteiger partial charge in [0, 0.05) is 12.3 Å². The molecule has 3 amide bonds. The van der Waals surface area contributed by atoms with E-state index >= 15 is 0 Å². The summed E-state index contributed by atoms with van der Waals surface area (Å²) in [7, 11) is 0. The summed E-state index contributed by atoms with van der Waals surface area (Å²) < 4.78 is 1.68. The quantitative estimate of drug-likeness (QED) is 0.624. The number of carbonyl (C=O) groups is 2. The van der Waals surface area contributed by atoms with Crippen molar-refractivity contribution in [1.82, 2.24) is 30.4 Å². The maximum atomic E-state index is 12.1. The molecule has 2 aromatic rings. The maximum Gasteiger partial charge on any atom is 0.325 e. The topological polar surface area (TPSA) is 93.0 Å². The van der Waals surface area contributed by atoms with E-state index in [-0.39, 0.29) is 11.9 Å². The predicted octanol–water partition coefficient (Wildman–Crippen LogP) is 1.23. The first-order chi connectivity index (χ1) is 11.5. The summed E-state index contributed by atoms with van der Waals surface area (Å²) in [5, 5.41) is 14.4. The molecule has 24 heavy (non-hydrogen) atoms. The van der Waals surface area contributed by atoms with E-state index in [0.29, 0.717) is 18.1 Å². The molecule has 2 heterocycles. The number of urea groups is 1. The minimum atomic E-state index is -0.820. The Labute approximate surface area is 143 Å². The van der Waals surface area contributed by atoms with Crippen LogP contribution >= 0.6 is 11.8 Å². The molecule has 1 fully saturated rings. The fraction of sp³-hybridized carbons (Fsp3) is 0.400. The summed E-state index contributed by atoms with van der Waals surface area (Å²) in [5.74, 6) is 1.75. The Kier molecular flexibility index (Phi) is 4.52. The Morgan fingerprint density at radius 2 is 1.96 bits per heavy atom. The minimum absolute atomic E-state index is 0.192. The van der Waals surface area contributed by atoms with Crippen LogP contribution in [0.5, 0.6) is 0 Å². The highest BCUT2D eigenvalue weighted by molar-refractivity contribution is 7.98. The van der Waals surface area contributed by atoms with Crippen molar-refractivity contribution in [3.8, 4) is 5.69 Å². The van der Waals surface area contributed by atoms with Crippen molar-refractivity contribution in [2.45, 2.75) is 25.1 Å². The van der Waals surface area contributed by atoms with Gasteiger partial charge in [0.1, 0.15) is 5.54 Å². The summed E-state index contributed by atoms with van der Waals surface area (Å²) in [6.07, 6.45) is 0. The van der Waals surface area contributed by atoms with Crippen LogP contribution in [0.3, 0.4) is 0 Å². The lowest BCUT2D eigenvalue weighted by atomic mass is 10.1. The molecule has 0 spiro atoms. The van der Waals surface area contributed by atoms with Crippen LogP contribution in [0.2, 0.25) is 0 Å². The number of thioether (sulfide) groups is 1. The van der Waals surface area contributed by atoms with E-state index in [4.69, 9.17) is 0 Å². The van der Waals surface area contributed by atoms with E-state index < -0.39 is 5.54 Å². The molecule has 1 aliphatic rings. The van der Waals surface area contributed by atoms with Gasteiger partial charge in [0.25, 0.3) is 5.91 Å². The summed E-state index contributed by atoms with van der Waals surface area (Å²) >= 11 is 1.57. The first-order valence-electron chi connectivity index (χ1n) is 7.53. The second-order valence-electron chi connectivity index (χ2n) is 5.91. The van der Waals surface area contributed by atoms with Gasteiger partial charge in [-0.25, -0.2) is 4.79 Å². The van der Waals surface area contributed by atoms with Gasteiger partial charge < -0.3 is 5.32 Å². The van der Waals surface area contributed by atoms with Gasteiger partial charge in [0.15, 0.2) is 5.82 Å². The van der Waals surface area contributed by atoms with Crippen LogP contribution in [0.1, 0.15) is 19.7 Å². The number of hydrogen-bond donors (Lipinski definition) is 1. The molecule has 1 aliphatic heterocycles. The molecule has 3 rings (SSSR count). The fourth-order valence-corrected chi connectivity index (χ4v) is 3.22. The second kappa shape index (κ2) is 6.60. The number of para-hydroxylation sites is 1. The van der Waals surface area contributed by atoms with Crippen molar-refractivity contribution >= 4 is 23.7 Å². The number of benzene rings is 1. The number of aromatic nitrogens is 4. The highest BCUT2D eigenvalue weighted by Gasteiger charge is 2.43. The largest absolute Gasteiger partial charge is 0.325 e. The molecular formula is C15H18N6O2S. The zero-order chi connectivity index (χ0) is 17.2. The molecule has 0 bridgehead atoms. The average molecular weight is 346 g/mol. The fourth-order valence-electron chi connectivity index (χ4n) is 2.41. The summed E-state index contributed by atoms with van der Waals surface area (Å²) in [5.41, 5.74) is 0.0769. The smallest absolute Gasteiger partial charge is 0.324 e. The molecule has 0 radical (unpaired) electrons. The molecule has 0 unspecified atom stereocenters. The van der Waals surface area contributed by atoms with Crippen molar-refractivity contribution in [3.63, 3.8) is 0 Å². The first-order valence-corrected chi connectivity index (χ1v) is 8.69. The van der Waals surface area contributed by atoms with E-state index in [1.807, 2.05) is 30.3 Å². The summed E-state index contributed by atoms with van der Waals surface area (Å²) in [6, 6.07) is 9.31. The number of amides is 3. The molecule has 0 atom stereocenters. The number of imide groups is 1. The Hall–Kier alpha value is -2.42. The molecule has 1 aromatic carbocycles. The molecule has 1 saturated heterocycles. The number of rotatable bonds is 6. The van der Waals surface area contributed by atoms with E-state index in [2.05, 4.69) is 20.8 Å². The average Bonchev–Trinajstić information content (AvgIpc) is 3.09. The van der Waals surface area contributed by atoms with Gasteiger partial charge in [-0.15, -0.1) is 5.10 Å². The Balaban J connectivity index is 1.54. The minimum Gasteiger partial charge on any atom is -0.324 e. The van der Waals surface area contributed by atoms with Gasteiger partial charge in [0.05, 0.1) is 11.4 Å². The number of tetrazole rings is 1. The third kappa shape index (κ3) is 3.25. The van der Waals surface area contributed by atoms with E-state index in [1.165, 1.54) is 4.90 Å². The first kappa shape index (κ1) is 16.4. The molecule has 8 nitrogen and oxygen atoms in total. The van der Waals surface area contributed by atoms with Crippen LogP contribution in [0.15, 0.2) is 30.3 Å². The lowest BCUT2D eigenvalue weighted by molar-refractivity contribution is -0.130. The molecule has 0 saturated carbocycles. The van der Waals surface area contributed by atoms with Crippen LogP contribution in [0.4, 0.5) is 4.79 Å². The zero-order valence-electron chi connectivity index (χ0n) is 13.5. The van der Waals surface area contributed by atoms with Crippen LogP contribution in [0, 0.1) is 0 Å².